The molecule has 0 unspecified atom stereocenters. The van der Waals surface area contributed by atoms with Crippen LogP contribution in [0.5, 0.6) is 0 Å². The van der Waals surface area contributed by atoms with Crippen molar-refractivity contribution in [1.82, 2.24) is 15.0 Å². The van der Waals surface area contributed by atoms with E-state index in [1.165, 1.54) is 0 Å². The van der Waals surface area contributed by atoms with Crippen molar-refractivity contribution in [2.24, 2.45) is 0 Å². The Kier molecular flexibility index (Phi) is 3.58. The summed E-state index contributed by atoms with van der Waals surface area (Å²) in [5, 5.41) is 8.97. The van der Waals surface area contributed by atoms with Crippen LogP contribution in [0.4, 0.5) is 0 Å². The van der Waals surface area contributed by atoms with Crippen LogP contribution in [0.15, 0.2) is 50.2 Å². The molecule has 0 saturated heterocycles. The number of benzene rings is 1. The summed E-state index contributed by atoms with van der Waals surface area (Å²) >= 11 is 9.26. The average molecular weight is 393 g/mol. The van der Waals surface area contributed by atoms with Gasteiger partial charge in [-0.05, 0) is 59.1 Å². The summed E-state index contributed by atoms with van der Waals surface area (Å²) in [4.78, 5) is 11.8. The van der Waals surface area contributed by atoms with Crippen LogP contribution in [0.3, 0.4) is 0 Å². The first kappa shape index (κ1) is 14.7. The van der Waals surface area contributed by atoms with E-state index in [0.29, 0.717) is 26.7 Å². The number of hydrogen-bond donors (Lipinski definition) is 0. The fraction of sp³-hybridized carbons (Fsp3) is 0.188. The lowest BCUT2D eigenvalue weighted by Gasteiger charge is -2.08. The van der Waals surface area contributed by atoms with Gasteiger partial charge in [-0.25, -0.2) is 9.48 Å². The highest BCUT2D eigenvalue weighted by atomic mass is 79.9. The monoisotopic (exact) mass is 391 g/mol. The van der Waals surface area contributed by atoms with Crippen LogP contribution >= 0.6 is 27.5 Å². The maximum Gasteiger partial charge on any atom is 0.350 e. The van der Waals surface area contributed by atoms with Crippen LogP contribution in [0, 0.1) is 0 Å². The summed E-state index contributed by atoms with van der Waals surface area (Å²) in [6.45, 7) is 0. The Balaban J connectivity index is 1.85. The van der Waals surface area contributed by atoms with Crippen LogP contribution in [0.1, 0.15) is 24.5 Å². The Morgan fingerprint density at radius 1 is 1.26 bits per heavy atom. The van der Waals surface area contributed by atoms with Crippen LogP contribution in [0.2, 0.25) is 5.02 Å². The molecule has 0 spiro atoms. The van der Waals surface area contributed by atoms with E-state index in [2.05, 4.69) is 26.2 Å². The summed E-state index contributed by atoms with van der Waals surface area (Å²) < 4.78 is 7.43. The zero-order chi connectivity index (χ0) is 16.0. The SMILES string of the molecule is O=c1oc(-c2cc(Cl)ccc2-n2cc(C3CC3)nn2)ccc1Br. The number of aromatic nitrogens is 3. The van der Waals surface area contributed by atoms with E-state index in [4.69, 9.17) is 16.0 Å². The minimum Gasteiger partial charge on any atom is -0.422 e. The van der Waals surface area contributed by atoms with E-state index in [9.17, 15) is 4.79 Å². The van der Waals surface area contributed by atoms with E-state index in [1.54, 1.807) is 28.9 Å². The summed E-state index contributed by atoms with van der Waals surface area (Å²) in [6.07, 6.45) is 4.24. The lowest BCUT2D eigenvalue weighted by molar-refractivity contribution is 0.521. The highest BCUT2D eigenvalue weighted by molar-refractivity contribution is 9.10. The minimum atomic E-state index is -0.439. The van der Waals surface area contributed by atoms with E-state index < -0.39 is 5.63 Å². The van der Waals surface area contributed by atoms with Gasteiger partial charge in [-0.3, -0.25) is 0 Å². The molecule has 0 amide bonds. The first-order chi connectivity index (χ1) is 11.1. The van der Waals surface area contributed by atoms with Crippen molar-refractivity contribution in [3.63, 3.8) is 0 Å². The summed E-state index contributed by atoms with van der Waals surface area (Å²) in [7, 11) is 0. The van der Waals surface area contributed by atoms with Gasteiger partial charge in [0.15, 0.2) is 0 Å². The van der Waals surface area contributed by atoms with E-state index in [1.807, 2.05) is 12.3 Å². The molecular weight excluding hydrogens is 382 g/mol. The Bertz CT molecular complexity index is 946. The molecule has 0 N–H and O–H groups in total. The maximum absolute atomic E-state index is 11.8. The van der Waals surface area contributed by atoms with E-state index in [-0.39, 0.29) is 0 Å². The predicted molar refractivity (Wildman–Crippen MR) is 90.0 cm³/mol. The Morgan fingerprint density at radius 2 is 2.09 bits per heavy atom. The van der Waals surface area contributed by atoms with Crippen molar-refractivity contribution in [3.8, 4) is 17.0 Å². The molecule has 7 heteroatoms. The predicted octanol–water partition coefficient (Wildman–Crippen LogP) is 4.18. The largest absolute Gasteiger partial charge is 0.422 e. The van der Waals surface area contributed by atoms with Gasteiger partial charge in [0, 0.05) is 16.5 Å². The quantitative estimate of drug-likeness (QED) is 0.671. The average Bonchev–Trinajstić information content (AvgIpc) is 3.28. The molecule has 116 valence electrons. The molecule has 0 atom stereocenters. The molecule has 1 aliphatic rings. The molecule has 1 fully saturated rings. The first-order valence-electron chi connectivity index (χ1n) is 7.14. The third-order valence-corrected chi connectivity index (χ3v) is 4.58. The smallest absolute Gasteiger partial charge is 0.350 e. The third kappa shape index (κ3) is 2.84. The van der Waals surface area contributed by atoms with Gasteiger partial charge in [-0.2, -0.15) is 0 Å². The first-order valence-corrected chi connectivity index (χ1v) is 8.31. The minimum absolute atomic E-state index is 0.376. The summed E-state index contributed by atoms with van der Waals surface area (Å²) in [5.41, 5.74) is 2.00. The maximum atomic E-state index is 11.8. The molecule has 23 heavy (non-hydrogen) atoms. The normalized spacial score (nSPS) is 14.2. The fourth-order valence-electron chi connectivity index (χ4n) is 2.41. The van der Waals surface area contributed by atoms with Crippen LogP contribution < -0.4 is 5.63 Å². The van der Waals surface area contributed by atoms with Crippen molar-refractivity contribution in [3.05, 3.63) is 62.1 Å². The lowest BCUT2D eigenvalue weighted by atomic mass is 10.1. The molecule has 1 aromatic carbocycles. The van der Waals surface area contributed by atoms with Crippen molar-refractivity contribution in [2.45, 2.75) is 18.8 Å². The second-order valence-corrected chi connectivity index (χ2v) is 6.75. The van der Waals surface area contributed by atoms with Gasteiger partial charge in [0.2, 0.25) is 0 Å². The highest BCUT2D eigenvalue weighted by Gasteiger charge is 2.27. The van der Waals surface area contributed by atoms with Crippen LogP contribution in [-0.2, 0) is 0 Å². The number of nitrogens with zero attached hydrogens (tertiary/aromatic N) is 3. The highest BCUT2D eigenvalue weighted by Crippen LogP contribution is 2.39. The second-order valence-electron chi connectivity index (χ2n) is 5.46. The zero-order valence-electron chi connectivity index (χ0n) is 11.9. The zero-order valence-corrected chi connectivity index (χ0v) is 14.2. The molecule has 5 nitrogen and oxygen atoms in total. The van der Waals surface area contributed by atoms with Crippen molar-refractivity contribution in [1.29, 1.82) is 0 Å². The van der Waals surface area contributed by atoms with Crippen molar-refractivity contribution >= 4 is 27.5 Å². The van der Waals surface area contributed by atoms with Gasteiger partial charge in [0.05, 0.1) is 17.6 Å². The third-order valence-electron chi connectivity index (χ3n) is 3.76. The molecule has 2 aromatic heterocycles. The molecule has 0 bridgehead atoms. The summed E-state index contributed by atoms with van der Waals surface area (Å²) in [6, 6.07) is 8.74. The van der Waals surface area contributed by atoms with E-state index >= 15 is 0 Å². The molecular formula is C16H11BrClN3O2. The van der Waals surface area contributed by atoms with Gasteiger partial charge >= 0.3 is 5.63 Å². The Hall–Kier alpha value is -1.92. The lowest BCUT2D eigenvalue weighted by Crippen LogP contribution is -2.02. The molecule has 0 radical (unpaired) electrons. The van der Waals surface area contributed by atoms with Gasteiger partial charge in [-0.15, -0.1) is 5.10 Å². The van der Waals surface area contributed by atoms with Crippen LogP contribution in [0.25, 0.3) is 17.0 Å². The second kappa shape index (κ2) is 5.62. The molecule has 0 aliphatic heterocycles. The number of halogens is 2. The molecule has 1 aliphatic carbocycles. The molecule has 3 aromatic rings. The Morgan fingerprint density at radius 3 is 2.83 bits per heavy atom. The van der Waals surface area contributed by atoms with Gasteiger partial charge in [-0.1, -0.05) is 16.8 Å². The fourth-order valence-corrected chi connectivity index (χ4v) is 2.80. The topological polar surface area (TPSA) is 60.9 Å². The van der Waals surface area contributed by atoms with Crippen molar-refractivity contribution < 1.29 is 4.42 Å². The standard InChI is InChI=1S/C16H11BrClN3O2/c17-12-4-6-15(23-16(12)22)11-7-10(18)3-5-14(11)21-8-13(19-20-21)9-1-2-9/h3-9H,1-2H2. The molecule has 4 rings (SSSR count). The van der Waals surface area contributed by atoms with Gasteiger partial charge < -0.3 is 4.42 Å². The number of hydrogen-bond acceptors (Lipinski definition) is 4. The van der Waals surface area contributed by atoms with Crippen molar-refractivity contribution in [2.75, 3.05) is 0 Å². The van der Waals surface area contributed by atoms with E-state index in [0.717, 1.165) is 24.2 Å². The number of rotatable bonds is 3. The molecule has 2 heterocycles. The summed E-state index contributed by atoms with van der Waals surface area (Å²) in [5.74, 6) is 0.948. The molecule has 1 saturated carbocycles. The van der Waals surface area contributed by atoms with Crippen LogP contribution in [-0.4, -0.2) is 15.0 Å². The Labute approximate surface area is 145 Å². The van der Waals surface area contributed by atoms with Gasteiger partial charge in [0.25, 0.3) is 0 Å². The van der Waals surface area contributed by atoms with Gasteiger partial charge in [0.1, 0.15) is 10.2 Å².